The number of piperidine rings is 1. The van der Waals surface area contributed by atoms with Crippen molar-refractivity contribution >= 4 is 5.91 Å². The highest BCUT2D eigenvalue weighted by atomic mass is 19.1. The zero-order chi connectivity index (χ0) is 19.3. The van der Waals surface area contributed by atoms with Crippen molar-refractivity contribution in [3.63, 3.8) is 0 Å². The first-order valence-corrected chi connectivity index (χ1v) is 9.24. The molecule has 0 aliphatic carbocycles. The quantitative estimate of drug-likeness (QED) is 0.672. The molecule has 4 rings (SSSR count). The Morgan fingerprint density at radius 3 is 2.75 bits per heavy atom. The average Bonchev–Trinajstić information content (AvgIpc) is 3.22. The maximum atomic E-state index is 13.1. The number of carbonyl (C=O) groups excluding carboxylic acids is 1. The summed E-state index contributed by atoms with van der Waals surface area (Å²) in [4.78, 5) is 18.9. The van der Waals surface area contributed by atoms with E-state index in [9.17, 15) is 9.18 Å². The van der Waals surface area contributed by atoms with Gasteiger partial charge in [0, 0.05) is 24.6 Å². The lowest BCUT2D eigenvalue weighted by Gasteiger charge is -2.31. The van der Waals surface area contributed by atoms with Crippen LogP contribution in [0.15, 0.2) is 59.1 Å². The van der Waals surface area contributed by atoms with Crippen molar-refractivity contribution in [1.82, 2.24) is 15.0 Å². The molecule has 1 aromatic heterocycles. The SMILES string of the molecule is O=C(c1ccc(F)cc1)N1CCCC(c2noc(COc3ccccc3)n2)C1. The van der Waals surface area contributed by atoms with Crippen LogP contribution < -0.4 is 4.74 Å². The van der Waals surface area contributed by atoms with Gasteiger partial charge < -0.3 is 14.2 Å². The molecule has 1 atom stereocenters. The van der Waals surface area contributed by atoms with Gasteiger partial charge >= 0.3 is 0 Å². The van der Waals surface area contributed by atoms with E-state index in [1.54, 1.807) is 4.90 Å². The third-order valence-corrected chi connectivity index (χ3v) is 4.75. The number of ether oxygens (including phenoxy) is 1. The molecule has 0 radical (unpaired) electrons. The fourth-order valence-corrected chi connectivity index (χ4v) is 3.30. The van der Waals surface area contributed by atoms with Gasteiger partial charge in [0.15, 0.2) is 12.4 Å². The van der Waals surface area contributed by atoms with Crippen molar-refractivity contribution in [2.45, 2.75) is 25.4 Å². The first kappa shape index (κ1) is 18.2. The number of amides is 1. The number of aromatic nitrogens is 2. The van der Waals surface area contributed by atoms with Crippen LogP contribution in [0.25, 0.3) is 0 Å². The van der Waals surface area contributed by atoms with Crippen LogP contribution in [0, 0.1) is 5.82 Å². The Morgan fingerprint density at radius 2 is 1.96 bits per heavy atom. The van der Waals surface area contributed by atoms with Crippen LogP contribution >= 0.6 is 0 Å². The second-order valence-electron chi connectivity index (χ2n) is 6.75. The minimum Gasteiger partial charge on any atom is -0.484 e. The highest BCUT2D eigenvalue weighted by Gasteiger charge is 2.28. The van der Waals surface area contributed by atoms with Gasteiger partial charge in [-0.2, -0.15) is 4.98 Å². The highest BCUT2D eigenvalue weighted by Crippen LogP contribution is 2.26. The van der Waals surface area contributed by atoms with E-state index in [-0.39, 0.29) is 24.2 Å². The minimum absolute atomic E-state index is 0.00683. The van der Waals surface area contributed by atoms with Gasteiger partial charge in [-0.1, -0.05) is 23.4 Å². The largest absolute Gasteiger partial charge is 0.484 e. The third-order valence-electron chi connectivity index (χ3n) is 4.75. The van der Waals surface area contributed by atoms with Crippen molar-refractivity contribution in [2.24, 2.45) is 0 Å². The number of hydrogen-bond acceptors (Lipinski definition) is 5. The molecule has 2 aromatic carbocycles. The van der Waals surface area contributed by atoms with Gasteiger partial charge in [-0.3, -0.25) is 4.79 Å². The Labute approximate surface area is 161 Å². The number of para-hydroxylation sites is 1. The van der Waals surface area contributed by atoms with Gasteiger partial charge in [0.1, 0.15) is 11.6 Å². The van der Waals surface area contributed by atoms with Crippen LogP contribution in [0.3, 0.4) is 0 Å². The van der Waals surface area contributed by atoms with E-state index in [0.29, 0.717) is 30.4 Å². The maximum Gasteiger partial charge on any atom is 0.264 e. The van der Waals surface area contributed by atoms with Crippen LogP contribution in [0.4, 0.5) is 4.39 Å². The van der Waals surface area contributed by atoms with Gasteiger partial charge in [0.2, 0.25) is 0 Å². The molecule has 1 fully saturated rings. The minimum atomic E-state index is -0.356. The summed E-state index contributed by atoms with van der Waals surface area (Å²) in [7, 11) is 0. The van der Waals surface area contributed by atoms with Crippen LogP contribution in [-0.4, -0.2) is 34.0 Å². The highest BCUT2D eigenvalue weighted by molar-refractivity contribution is 5.94. The molecule has 0 N–H and O–H groups in total. The van der Waals surface area contributed by atoms with E-state index in [1.807, 2.05) is 30.3 Å². The molecule has 144 valence electrons. The number of carbonyl (C=O) groups is 1. The van der Waals surface area contributed by atoms with Gasteiger partial charge in [-0.05, 0) is 49.2 Å². The van der Waals surface area contributed by atoms with E-state index >= 15 is 0 Å². The lowest BCUT2D eigenvalue weighted by Crippen LogP contribution is -2.39. The van der Waals surface area contributed by atoms with Crippen LogP contribution in [0.5, 0.6) is 5.75 Å². The number of halogens is 1. The fourth-order valence-electron chi connectivity index (χ4n) is 3.30. The number of rotatable bonds is 5. The summed E-state index contributed by atoms with van der Waals surface area (Å²) in [5, 5.41) is 4.08. The van der Waals surface area contributed by atoms with Crippen molar-refractivity contribution < 1.29 is 18.4 Å². The third kappa shape index (κ3) is 4.19. The Kier molecular flexibility index (Phi) is 5.32. The first-order valence-electron chi connectivity index (χ1n) is 9.24. The summed E-state index contributed by atoms with van der Waals surface area (Å²) in [5.74, 6) is 1.26. The van der Waals surface area contributed by atoms with E-state index in [2.05, 4.69) is 10.1 Å². The van der Waals surface area contributed by atoms with Crippen LogP contribution in [0.2, 0.25) is 0 Å². The second-order valence-corrected chi connectivity index (χ2v) is 6.75. The Bertz CT molecular complexity index is 928. The summed E-state index contributed by atoms with van der Waals surface area (Å²) in [6.45, 7) is 1.37. The molecule has 3 aromatic rings. The van der Waals surface area contributed by atoms with Gasteiger partial charge in [0.05, 0.1) is 0 Å². The molecule has 0 saturated carbocycles. The van der Waals surface area contributed by atoms with E-state index in [0.717, 1.165) is 18.6 Å². The van der Waals surface area contributed by atoms with Gasteiger partial charge in [-0.15, -0.1) is 0 Å². The summed E-state index contributed by atoms with van der Waals surface area (Å²) in [5.41, 5.74) is 0.479. The number of hydrogen-bond donors (Lipinski definition) is 0. The van der Waals surface area contributed by atoms with Crippen molar-refractivity contribution in [3.8, 4) is 5.75 Å². The van der Waals surface area contributed by atoms with Gasteiger partial charge in [-0.25, -0.2) is 4.39 Å². The van der Waals surface area contributed by atoms with Crippen molar-refractivity contribution in [2.75, 3.05) is 13.1 Å². The zero-order valence-electron chi connectivity index (χ0n) is 15.3. The molecule has 2 heterocycles. The zero-order valence-corrected chi connectivity index (χ0v) is 15.3. The molecule has 28 heavy (non-hydrogen) atoms. The summed E-state index contributed by atoms with van der Waals surface area (Å²) in [6.07, 6.45) is 1.73. The van der Waals surface area contributed by atoms with Crippen molar-refractivity contribution in [1.29, 1.82) is 0 Å². The number of benzene rings is 2. The van der Waals surface area contributed by atoms with E-state index in [1.165, 1.54) is 24.3 Å². The van der Waals surface area contributed by atoms with Crippen molar-refractivity contribution in [3.05, 3.63) is 77.7 Å². The summed E-state index contributed by atoms with van der Waals surface area (Å²) < 4.78 is 24.0. The second kappa shape index (κ2) is 8.21. The monoisotopic (exact) mass is 381 g/mol. The smallest absolute Gasteiger partial charge is 0.264 e. The topological polar surface area (TPSA) is 68.5 Å². The van der Waals surface area contributed by atoms with Gasteiger partial charge in [0.25, 0.3) is 11.8 Å². The van der Waals surface area contributed by atoms with Crippen LogP contribution in [0.1, 0.15) is 40.8 Å². The average molecular weight is 381 g/mol. The maximum absolute atomic E-state index is 13.1. The molecule has 0 bridgehead atoms. The van der Waals surface area contributed by atoms with E-state index in [4.69, 9.17) is 9.26 Å². The molecular formula is C21H20FN3O3. The lowest BCUT2D eigenvalue weighted by molar-refractivity contribution is 0.0703. The molecule has 1 amide bonds. The normalized spacial score (nSPS) is 16.8. The molecule has 1 aliphatic rings. The summed E-state index contributed by atoms with van der Waals surface area (Å²) in [6, 6.07) is 15.0. The fraction of sp³-hybridized carbons (Fsp3) is 0.286. The molecule has 1 saturated heterocycles. The number of likely N-dealkylation sites (tertiary alicyclic amines) is 1. The molecule has 1 unspecified atom stereocenters. The molecule has 0 spiro atoms. The molecule has 1 aliphatic heterocycles. The predicted molar refractivity (Wildman–Crippen MR) is 99.4 cm³/mol. The molecule has 6 nitrogen and oxygen atoms in total. The summed E-state index contributed by atoms with van der Waals surface area (Å²) >= 11 is 0. The standard InChI is InChI=1S/C21H20FN3O3/c22-17-10-8-15(9-11-17)21(26)25-12-4-5-16(13-25)20-23-19(28-24-20)14-27-18-6-2-1-3-7-18/h1-3,6-11,16H,4-5,12-14H2. The first-order chi connectivity index (χ1) is 13.7. The Hall–Kier alpha value is -3.22. The van der Waals surface area contributed by atoms with E-state index < -0.39 is 0 Å². The Morgan fingerprint density at radius 1 is 1.18 bits per heavy atom. The number of nitrogens with zero attached hydrogens (tertiary/aromatic N) is 3. The Balaban J connectivity index is 1.38. The predicted octanol–water partition coefficient (Wildman–Crippen LogP) is 3.81. The lowest BCUT2D eigenvalue weighted by atomic mass is 9.96. The molecule has 7 heteroatoms. The van der Waals surface area contributed by atoms with Crippen LogP contribution in [-0.2, 0) is 6.61 Å². The molecular weight excluding hydrogens is 361 g/mol.